The molecular weight excluding hydrogens is 304 g/mol. The normalized spacial score (nSPS) is 22.5. The van der Waals surface area contributed by atoms with E-state index >= 15 is 0 Å². The summed E-state index contributed by atoms with van der Waals surface area (Å²) in [6, 6.07) is 5.82. The standard InChI is InChI=1S/C19H26N2O3/c1-21-19(15-7-5-4-6-8-15)20-18(24-21)12-10-14-9-11-16(22-2)17(13-14)23-3/h9-13,15,19H,4-8H2,1-3H3. The second-order valence-corrected chi connectivity index (χ2v) is 6.36. The zero-order chi connectivity index (χ0) is 16.9. The molecule has 0 N–H and O–H groups in total. The monoisotopic (exact) mass is 330 g/mol. The van der Waals surface area contributed by atoms with Crippen LogP contribution in [-0.2, 0) is 4.84 Å². The average molecular weight is 330 g/mol. The molecule has 0 aromatic heterocycles. The maximum Gasteiger partial charge on any atom is 0.235 e. The van der Waals surface area contributed by atoms with Crippen LogP contribution in [0.4, 0.5) is 0 Å². The van der Waals surface area contributed by atoms with Crippen molar-refractivity contribution in [1.29, 1.82) is 0 Å². The highest BCUT2D eigenvalue weighted by molar-refractivity contribution is 5.92. The van der Waals surface area contributed by atoms with Crippen molar-refractivity contribution in [3.8, 4) is 11.5 Å². The summed E-state index contributed by atoms with van der Waals surface area (Å²) < 4.78 is 10.6. The molecule has 0 amide bonds. The predicted octanol–water partition coefficient (Wildman–Crippen LogP) is 3.90. The van der Waals surface area contributed by atoms with Crippen LogP contribution in [0.3, 0.4) is 0 Å². The quantitative estimate of drug-likeness (QED) is 0.821. The molecule has 1 atom stereocenters. The smallest absolute Gasteiger partial charge is 0.235 e. The van der Waals surface area contributed by atoms with Crippen LogP contribution in [0.5, 0.6) is 11.5 Å². The van der Waals surface area contributed by atoms with Gasteiger partial charge in [0.25, 0.3) is 0 Å². The molecule has 24 heavy (non-hydrogen) atoms. The van der Waals surface area contributed by atoms with E-state index in [9.17, 15) is 0 Å². The Labute approximate surface area is 143 Å². The Morgan fingerprint density at radius 2 is 1.83 bits per heavy atom. The molecule has 5 nitrogen and oxygen atoms in total. The summed E-state index contributed by atoms with van der Waals surface area (Å²) in [4.78, 5) is 10.6. The van der Waals surface area contributed by atoms with Crippen LogP contribution in [0.2, 0.25) is 0 Å². The number of ether oxygens (including phenoxy) is 2. The van der Waals surface area contributed by atoms with E-state index in [1.807, 2.05) is 42.5 Å². The van der Waals surface area contributed by atoms with Crippen molar-refractivity contribution in [2.45, 2.75) is 38.3 Å². The van der Waals surface area contributed by atoms with Crippen molar-refractivity contribution >= 4 is 12.0 Å². The lowest BCUT2D eigenvalue weighted by Gasteiger charge is -2.28. The van der Waals surface area contributed by atoms with Crippen LogP contribution in [0, 0.1) is 5.92 Å². The van der Waals surface area contributed by atoms with E-state index in [0.29, 0.717) is 17.6 Å². The number of nitrogens with zero attached hydrogens (tertiary/aromatic N) is 2. The maximum absolute atomic E-state index is 5.79. The van der Waals surface area contributed by atoms with E-state index in [2.05, 4.69) is 0 Å². The molecule has 1 aromatic rings. The van der Waals surface area contributed by atoms with Gasteiger partial charge in [0.2, 0.25) is 5.90 Å². The molecule has 1 aromatic carbocycles. The van der Waals surface area contributed by atoms with Crippen LogP contribution < -0.4 is 9.47 Å². The summed E-state index contributed by atoms with van der Waals surface area (Å²) in [6.07, 6.45) is 10.5. The van der Waals surface area contributed by atoms with Gasteiger partial charge < -0.3 is 14.3 Å². The van der Waals surface area contributed by atoms with E-state index in [1.54, 1.807) is 14.2 Å². The van der Waals surface area contributed by atoms with E-state index < -0.39 is 0 Å². The first-order valence-corrected chi connectivity index (χ1v) is 8.60. The average Bonchev–Trinajstić information content (AvgIpc) is 3.01. The number of hydroxylamine groups is 2. The van der Waals surface area contributed by atoms with E-state index in [4.69, 9.17) is 19.3 Å². The zero-order valence-corrected chi connectivity index (χ0v) is 14.7. The molecule has 1 heterocycles. The Balaban J connectivity index is 1.70. The summed E-state index contributed by atoms with van der Waals surface area (Å²) in [6.45, 7) is 0. The van der Waals surface area contributed by atoms with Crippen molar-refractivity contribution < 1.29 is 14.3 Å². The second kappa shape index (κ2) is 7.71. The first-order valence-electron chi connectivity index (χ1n) is 8.60. The predicted molar refractivity (Wildman–Crippen MR) is 95.2 cm³/mol. The third-order valence-electron chi connectivity index (χ3n) is 4.77. The third-order valence-corrected chi connectivity index (χ3v) is 4.77. The molecule has 1 aliphatic carbocycles. The van der Waals surface area contributed by atoms with Gasteiger partial charge in [0.05, 0.1) is 14.2 Å². The number of aliphatic imine (C=N–C) groups is 1. The largest absolute Gasteiger partial charge is 0.493 e. The Bertz CT molecular complexity index is 621. The number of methoxy groups -OCH3 is 2. The van der Waals surface area contributed by atoms with Gasteiger partial charge in [-0.1, -0.05) is 25.3 Å². The van der Waals surface area contributed by atoms with Crippen molar-refractivity contribution in [2.24, 2.45) is 10.9 Å². The van der Waals surface area contributed by atoms with Crippen molar-refractivity contribution in [3.63, 3.8) is 0 Å². The molecule has 3 rings (SSSR count). The summed E-state index contributed by atoms with van der Waals surface area (Å²) in [5.74, 6) is 2.71. The van der Waals surface area contributed by atoms with Gasteiger partial charge in [-0.15, -0.1) is 5.06 Å². The topological polar surface area (TPSA) is 43.3 Å². The molecular formula is C19H26N2O3. The lowest BCUT2D eigenvalue weighted by atomic mass is 9.87. The van der Waals surface area contributed by atoms with Gasteiger partial charge in [-0.2, -0.15) is 0 Å². The van der Waals surface area contributed by atoms with Crippen LogP contribution in [0.1, 0.15) is 37.7 Å². The second-order valence-electron chi connectivity index (χ2n) is 6.36. The zero-order valence-electron chi connectivity index (χ0n) is 14.7. The van der Waals surface area contributed by atoms with Crippen molar-refractivity contribution in [1.82, 2.24) is 5.06 Å². The summed E-state index contributed by atoms with van der Waals surface area (Å²) in [7, 11) is 5.25. The Hall–Kier alpha value is -2.01. The summed E-state index contributed by atoms with van der Waals surface area (Å²) in [5.41, 5.74) is 1.02. The lowest BCUT2D eigenvalue weighted by Crippen LogP contribution is -2.33. The molecule has 0 spiro atoms. The molecule has 130 valence electrons. The van der Waals surface area contributed by atoms with Gasteiger partial charge in [-0.25, -0.2) is 4.99 Å². The molecule has 5 heteroatoms. The van der Waals surface area contributed by atoms with Gasteiger partial charge in [-0.05, 0) is 42.5 Å². The SMILES string of the molecule is COc1ccc(C=CC2=NC(C3CCCCC3)N(C)O2)cc1OC. The lowest BCUT2D eigenvalue weighted by molar-refractivity contribution is -0.0765. The molecule has 0 saturated heterocycles. The fraction of sp³-hybridized carbons (Fsp3) is 0.526. The van der Waals surface area contributed by atoms with Crippen molar-refractivity contribution in [3.05, 3.63) is 29.8 Å². The number of hydrogen-bond donors (Lipinski definition) is 0. The fourth-order valence-electron chi connectivity index (χ4n) is 3.47. The van der Waals surface area contributed by atoms with E-state index in [1.165, 1.54) is 32.1 Å². The maximum atomic E-state index is 5.79. The van der Waals surface area contributed by atoms with E-state index in [-0.39, 0.29) is 6.17 Å². The van der Waals surface area contributed by atoms with Crippen molar-refractivity contribution in [2.75, 3.05) is 21.3 Å². The molecule has 1 fully saturated rings. The molecule has 1 unspecified atom stereocenters. The minimum atomic E-state index is 0.148. The van der Waals surface area contributed by atoms with Crippen LogP contribution in [-0.4, -0.2) is 38.4 Å². The number of benzene rings is 1. The van der Waals surface area contributed by atoms with Gasteiger partial charge in [-0.3, -0.25) is 0 Å². The molecule has 1 aliphatic heterocycles. The summed E-state index contributed by atoms with van der Waals surface area (Å²) >= 11 is 0. The van der Waals surface area contributed by atoms with Crippen LogP contribution in [0.15, 0.2) is 29.3 Å². The molecule has 0 bridgehead atoms. The molecule has 2 aliphatic rings. The Kier molecular flexibility index (Phi) is 5.41. The Morgan fingerprint density at radius 3 is 2.54 bits per heavy atom. The summed E-state index contributed by atoms with van der Waals surface area (Å²) in [5, 5.41) is 1.89. The molecule has 1 saturated carbocycles. The highest BCUT2D eigenvalue weighted by atomic mass is 16.7. The van der Waals surface area contributed by atoms with Crippen LogP contribution in [0.25, 0.3) is 6.08 Å². The highest BCUT2D eigenvalue weighted by Gasteiger charge is 2.32. The minimum Gasteiger partial charge on any atom is -0.493 e. The van der Waals surface area contributed by atoms with Gasteiger partial charge in [0, 0.05) is 13.1 Å². The Morgan fingerprint density at radius 1 is 1.08 bits per heavy atom. The van der Waals surface area contributed by atoms with E-state index in [0.717, 1.165) is 11.3 Å². The number of hydrogen-bond acceptors (Lipinski definition) is 5. The first kappa shape index (κ1) is 16.8. The fourth-order valence-corrected chi connectivity index (χ4v) is 3.47. The first-order chi connectivity index (χ1) is 11.7. The highest BCUT2D eigenvalue weighted by Crippen LogP contribution is 2.32. The minimum absolute atomic E-state index is 0.148. The third kappa shape index (κ3) is 3.73. The molecule has 0 radical (unpaired) electrons. The van der Waals surface area contributed by atoms with Gasteiger partial charge in [0.1, 0.15) is 6.17 Å². The van der Waals surface area contributed by atoms with Gasteiger partial charge >= 0.3 is 0 Å². The number of rotatable bonds is 5. The van der Waals surface area contributed by atoms with Crippen LogP contribution >= 0.6 is 0 Å². The van der Waals surface area contributed by atoms with Gasteiger partial charge in [0.15, 0.2) is 11.5 Å².